The number of para-hydroxylation sites is 1. The van der Waals surface area contributed by atoms with Crippen LogP contribution in [0.15, 0.2) is 54.6 Å². The number of fused-ring (bicyclic) bond motifs is 1. The van der Waals surface area contributed by atoms with Crippen molar-refractivity contribution in [3.63, 3.8) is 0 Å². The maximum Gasteiger partial charge on any atom is 0.162 e. The van der Waals surface area contributed by atoms with Crippen molar-refractivity contribution < 1.29 is 9.90 Å². The quantitative estimate of drug-likeness (QED) is 0.641. The number of nitrogens with zero attached hydrogens (tertiary/aromatic N) is 2. The Kier molecular flexibility index (Phi) is 5.57. The van der Waals surface area contributed by atoms with Crippen molar-refractivity contribution in [1.82, 2.24) is 9.97 Å². The molecule has 0 radical (unpaired) electrons. The summed E-state index contributed by atoms with van der Waals surface area (Å²) in [7, 11) is 0. The maximum absolute atomic E-state index is 10.4. The van der Waals surface area contributed by atoms with Crippen LogP contribution in [0.1, 0.15) is 25.7 Å². The van der Waals surface area contributed by atoms with Crippen LogP contribution >= 0.6 is 0 Å². The predicted molar refractivity (Wildman–Crippen MR) is 96.9 cm³/mol. The Hall–Kier alpha value is -2.95. The van der Waals surface area contributed by atoms with Gasteiger partial charge in [-0.25, -0.2) is 9.97 Å². The molecule has 1 heterocycles. The van der Waals surface area contributed by atoms with Gasteiger partial charge in [0.15, 0.2) is 5.82 Å². The second-order valence-electron chi connectivity index (χ2n) is 5.89. The number of nitrogens with one attached hydrogen (secondary N) is 1. The molecule has 0 aliphatic carbocycles. The standard InChI is InChI=1S/C20H21N3O2/c24-18(25)13-5-2-8-14-21-20-16-11-6-7-12-17(16)22-19(23-20)15-9-3-1-4-10-15/h1,3-4,6-7,9-12H,2,5,8,13-14H2,(H,24,25)(H,21,22,23)/p-1. The lowest BCUT2D eigenvalue weighted by Crippen LogP contribution is -2.21. The van der Waals surface area contributed by atoms with Gasteiger partial charge in [0.2, 0.25) is 0 Å². The summed E-state index contributed by atoms with van der Waals surface area (Å²) < 4.78 is 0. The highest BCUT2D eigenvalue weighted by molar-refractivity contribution is 5.90. The fourth-order valence-electron chi connectivity index (χ4n) is 2.71. The van der Waals surface area contributed by atoms with Gasteiger partial charge >= 0.3 is 0 Å². The molecule has 0 bridgehead atoms. The highest BCUT2D eigenvalue weighted by Gasteiger charge is 2.08. The SMILES string of the molecule is O=C([O-])CCCCCNc1nc(-c2ccccc2)nc2ccccc12. The summed E-state index contributed by atoms with van der Waals surface area (Å²) >= 11 is 0. The van der Waals surface area contributed by atoms with Crippen LogP contribution in [-0.2, 0) is 4.79 Å². The summed E-state index contributed by atoms with van der Waals surface area (Å²) in [5.41, 5.74) is 1.88. The number of anilines is 1. The Morgan fingerprint density at radius 3 is 2.48 bits per heavy atom. The first-order valence-corrected chi connectivity index (χ1v) is 8.50. The minimum absolute atomic E-state index is 0.120. The van der Waals surface area contributed by atoms with E-state index in [0.29, 0.717) is 12.2 Å². The molecule has 128 valence electrons. The third kappa shape index (κ3) is 4.53. The number of rotatable bonds is 8. The van der Waals surface area contributed by atoms with Gasteiger partial charge in [-0.3, -0.25) is 0 Å². The van der Waals surface area contributed by atoms with E-state index in [1.807, 2.05) is 54.6 Å². The van der Waals surface area contributed by atoms with E-state index in [0.717, 1.165) is 41.7 Å². The van der Waals surface area contributed by atoms with Crippen LogP contribution in [0.4, 0.5) is 5.82 Å². The smallest absolute Gasteiger partial charge is 0.162 e. The normalized spacial score (nSPS) is 10.7. The molecule has 2 aromatic carbocycles. The summed E-state index contributed by atoms with van der Waals surface area (Å²) in [5, 5.41) is 14.8. The van der Waals surface area contributed by atoms with Crippen molar-refractivity contribution in [1.29, 1.82) is 0 Å². The van der Waals surface area contributed by atoms with Gasteiger partial charge in [-0.15, -0.1) is 0 Å². The van der Waals surface area contributed by atoms with Crippen molar-refractivity contribution in [2.45, 2.75) is 25.7 Å². The minimum atomic E-state index is -0.984. The zero-order chi connectivity index (χ0) is 17.5. The number of hydrogen-bond donors (Lipinski definition) is 1. The van der Waals surface area contributed by atoms with E-state index in [-0.39, 0.29) is 6.42 Å². The van der Waals surface area contributed by atoms with Crippen LogP contribution in [0, 0.1) is 0 Å². The van der Waals surface area contributed by atoms with Gasteiger partial charge in [0.05, 0.1) is 5.52 Å². The molecule has 0 unspecified atom stereocenters. The van der Waals surface area contributed by atoms with E-state index in [4.69, 9.17) is 4.98 Å². The lowest BCUT2D eigenvalue weighted by molar-refractivity contribution is -0.305. The molecular formula is C20H20N3O2-. The second-order valence-corrected chi connectivity index (χ2v) is 5.89. The van der Waals surface area contributed by atoms with Gasteiger partial charge in [-0.2, -0.15) is 0 Å². The zero-order valence-electron chi connectivity index (χ0n) is 13.9. The molecule has 3 aromatic rings. The van der Waals surface area contributed by atoms with Crippen molar-refractivity contribution in [2.75, 3.05) is 11.9 Å². The molecule has 0 amide bonds. The van der Waals surface area contributed by atoms with Gasteiger partial charge in [-0.05, 0) is 31.4 Å². The number of benzene rings is 2. The topological polar surface area (TPSA) is 77.9 Å². The summed E-state index contributed by atoms with van der Waals surface area (Å²) in [5.74, 6) is 0.519. The first-order valence-electron chi connectivity index (χ1n) is 8.50. The highest BCUT2D eigenvalue weighted by Crippen LogP contribution is 2.24. The molecule has 1 aromatic heterocycles. The third-order valence-corrected chi connectivity index (χ3v) is 3.99. The van der Waals surface area contributed by atoms with Crippen molar-refractivity contribution >= 4 is 22.7 Å². The monoisotopic (exact) mass is 334 g/mol. The van der Waals surface area contributed by atoms with Gasteiger partial charge < -0.3 is 15.2 Å². The largest absolute Gasteiger partial charge is 0.550 e. The Balaban J connectivity index is 1.75. The minimum Gasteiger partial charge on any atom is -0.550 e. The van der Waals surface area contributed by atoms with Crippen LogP contribution in [0.5, 0.6) is 0 Å². The molecule has 0 fully saturated rings. The predicted octanol–water partition coefficient (Wildman–Crippen LogP) is 3.02. The molecule has 0 saturated carbocycles. The van der Waals surface area contributed by atoms with Crippen LogP contribution < -0.4 is 10.4 Å². The third-order valence-electron chi connectivity index (χ3n) is 3.99. The second kappa shape index (κ2) is 8.24. The number of carboxylic acid groups (broad SMARTS) is 1. The fourth-order valence-corrected chi connectivity index (χ4v) is 2.71. The molecule has 0 spiro atoms. The molecule has 5 nitrogen and oxygen atoms in total. The average molecular weight is 334 g/mol. The van der Waals surface area contributed by atoms with E-state index >= 15 is 0 Å². The van der Waals surface area contributed by atoms with Gasteiger partial charge in [0.25, 0.3) is 0 Å². The number of carbonyl (C=O) groups is 1. The summed E-state index contributed by atoms with van der Waals surface area (Å²) in [6.45, 7) is 0.738. The lowest BCUT2D eigenvalue weighted by Gasteiger charge is -2.11. The molecule has 5 heteroatoms. The number of carboxylic acids is 1. The first-order chi connectivity index (χ1) is 12.2. The Bertz CT molecular complexity index is 850. The fraction of sp³-hybridized carbons (Fsp3) is 0.250. The van der Waals surface area contributed by atoms with Gasteiger partial charge in [-0.1, -0.05) is 48.9 Å². The number of carbonyl (C=O) groups excluding carboxylic acids is 1. The summed E-state index contributed by atoms with van der Waals surface area (Å²) in [6, 6.07) is 17.8. The Labute approximate surface area is 146 Å². The number of aliphatic carboxylic acids is 1. The van der Waals surface area contributed by atoms with E-state index in [1.165, 1.54) is 0 Å². The van der Waals surface area contributed by atoms with Crippen molar-refractivity contribution in [3.05, 3.63) is 54.6 Å². The maximum atomic E-state index is 10.4. The van der Waals surface area contributed by atoms with Crippen molar-refractivity contribution in [3.8, 4) is 11.4 Å². The lowest BCUT2D eigenvalue weighted by atomic mass is 10.1. The zero-order valence-corrected chi connectivity index (χ0v) is 13.9. The van der Waals surface area contributed by atoms with E-state index in [2.05, 4.69) is 10.3 Å². The molecule has 25 heavy (non-hydrogen) atoms. The van der Waals surface area contributed by atoms with E-state index in [9.17, 15) is 9.90 Å². The van der Waals surface area contributed by atoms with Crippen LogP contribution in [0.2, 0.25) is 0 Å². The molecule has 0 saturated heterocycles. The molecule has 0 aliphatic heterocycles. The summed E-state index contributed by atoms with van der Waals surface area (Å²) in [4.78, 5) is 19.8. The van der Waals surface area contributed by atoms with E-state index < -0.39 is 5.97 Å². The van der Waals surface area contributed by atoms with Crippen LogP contribution in [-0.4, -0.2) is 22.5 Å². The molecule has 3 rings (SSSR count). The average Bonchev–Trinajstić information content (AvgIpc) is 2.64. The first kappa shape index (κ1) is 16.9. The Morgan fingerprint density at radius 1 is 0.920 bits per heavy atom. The van der Waals surface area contributed by atoms with Crippen molar-refractivity contribution in [2.24, 2.45) is 0 Å². The molecular weight excluding hydrogens is 314 g/mol. The number of hydrogen-bond acceptors (Lipinski definition) is 5. The number of unbranched alkanes of at least 4 members (excludes halogenated alkanes) is 2. The van der Waals surface area contributed by atoms with E-state index in [1.54, 1.807) is 0 Å². The number of aromatic nitrogens is 2. The summed E-state index contributed by atoms with van der Waals surface area (Å²) in [6.07, 6.45) is 2.49. The Morgan fingerprint density at radius 2 is 1.68 bits per heavy atom. The molecule has 0 atom stereocenters. The van der Waals surface area contributed by atoms with Crippen LogP contribution in [0.25, 0.3) is 22.3 Å². The molecule has 1 N–H and O–H groups in total. The van der Waals surface area contributed by atoms with Gasteiger partial charge in [0, 0.05) is 23.5 Å². The highest BCUT2D eigenvalue weighted by atomic mass is 16.4. The molecule has 0 aliphatic rings. The van der Waals surface area contributed by atoms with Gasteiger partial charge in [0.1, 0.15) is 5.82 Å². The van der Waals surface area contributed by atoms with Crippen LogP contribution in [0.3, 0.4) is 0 Å².